The molecule has 0 aromatic heterocycles. The summed E-state index contributed by atoms with van der Waals surface area (Å²) in [6.07, 6.45) is 2.05. The smallest absolute Gasteiger partial charge is 0.341 e. The van der Waals surface area contributed by atoms with Crippen LogP contribution in [0.1, 0.15) is 22.3 Å². The average Bonchev–Trinajstić information content (AvgIpc) is 2.28. The molecule has 0 bridgehead atoms. The number of esters is 1. The van der Waals surface area contributed by atoms with E-state index in [1.54, 1.807) is 6.07 Å². The number of hydrogen-bond acceptors (Lipinski definition) is 3. The molecule has 80 valence electrons. The lowest BCUT2D eigenvalue weighted by molar-refractivity contribution is 0.0602. The fraction of sp³-hybridized carbons (Fsp3) is 0.364. The van der Waals surface area contributed by atoms with E-state index in [9.17, 15) is 4.79 Å². The van der Waals surface area contributed by atoms with E-state index in [0.29, 0.717) is 10.6 Å². The summed E-state index contributed by atoms with van der Waals surface area (Å²) in [5, 5.41) is 3.64. The van der Waals surface area contributed by atoms with Crippen LogP contribution in [0.5, 0.6) is 0 Å². The van der Waals surface area contributed by atoms with Crippen LogP contribution in [0.4, 0.5) is 5.69 Å². The maximum atomic E-state index is 11.6. The van der Waals surface area contributed by atoms with Gasteiger partial charge in [-0.1, -0.05) is 17.7 Å². The fourth-order valence-corrected chi connectivity index (χ4v) is 2.06. The van der Waals surface area contributed by atoms with E-state index in [1.165, 1.54) is 7.11 Å². The van der Waals surface area contributed by atoms with Crippen molar-refractivity contribution >= 4 is 23.3 Å². The van der Waals surface area contributed by atoms with Crippen molar-refractivity contribution in [2.24, 2.45) is 0 Å². The Morgan fingerprint density at radius 1 is 1.53 bits per heavy atom. The molecule has 1 aromatic carbocycles. The Hall–Kier alpha value is -1.22. The van der Waals surface area contributed by atoms with Gasteiger partial charge < -0.3 is 10.1 Å². The van der Waals surface area contributed by atoms with E-state index in [-0.39, 0.29) is 5.97 Å². The molecule has 1 N–H and O–H groups in total. The molecule has 2 rings (SSSR count). The minimum absolute atomic E-state index is 0.383. The predicted molar refractivity (Wildman–Crippen MR) is 59.6 cm³/mol. The Morgan fingerprint density at radius 3 is 3.07 bits per heavy atom. The zero-order valence-electron chi connectivity index (χ0n) is 8.47. The largest absolute Gasteiger partial charge is 0.465 e. The highest BCUT2D eigenvalue weighted by Crippen LogP contribution is 2.31. The Balaban J connectivity index is 2.55. The number of nitrogens with one attached hydrogen (secondary N) is 1. The lowest BCUT2D eigenvalue weighted by Gasteiger charge is -2.20. The van der Waals surface area contributed by atoms with Gasteiger partial charge in [0.25, 0.3) is 0 Å². The van der Waals surface area contributed by atoms with Crippen LogP contribution in [0.2, 0.25) is 5.02 Å². The number of anilines is 1. The topological polar surface area (TPSA) is 38.3 Å². The normalized spacial score (nSPS) is 14.0. The molecule has 3 nitrogen and oxygen atoms in total. The maximum absolute atomic E-state index is 11.6. The predicted octanol–water partition coefficient (Wildman–Crippen LogP) is 2.48. The first-order valence-corrected chi connectivity index (χ1v) is 5.25. The van der Waals surface area contributed by atoms with Crippen molar-refractivity contribution < 1.29 is 9.53 Å². The van der Waals surface area contributed by atoms with Crippen molar-refractivity contribution in [2.45, 2.75) is 12.8 Å². The van der Waals surface area contributed by atoms with E-state index < -0.39 is 0 Å². The summed E-state index contributed by atoms with van der Waals surface area (Å²) in [6, 6.07) is 3.70. The van der Waals surface area contributed by atoms with Gasteiger partial charge >= 0.3 is 5.97 Å². The zero-order chi connectivity index (χ0) is 10.8. The molecule has 1 heterocycles. The SMILES string of the molecule is COC(=O)c1c(Cl)ccc2c1NCCC2. The van der Waals surface area contributed by atoms with Crippen molar-refractivity contribution in [3.8, 4) is 0 Å². The van der Waals surface area contributed by atoms with Crippen LogP contribution >= 0.6 is 11.6 Å². The molecule has 0 aliphatic carbocycles. The summed E-state index contributed by atoms with van der Waals surface area (Å²) in [5.41, 5.74) is 2.42. The van der Waals surface area contributed by atoms with Gasteiger partial charge in [-0.2, -0.15) is 0 Å². The Labute approximate surface area is 93.4 Å². The highest BCUT2D eigenvalue weighted by Gasteiger charge is 2.21. The molecular formula is C11H12ClNO2. The highest BCUT2D eigenvalue weighted by molar-refractivity contribution is 6.34. The molecule has 0 amide bonds. The fourth-order valence-electron chi connectivity index (χ4n) is 1.82. The van der Waals surface area contributed by atoms with Crippen LogP contribution in [-0.4, -0.2) is 19.6 Å². The average molecular weight is 226 g/mol. The minimum atomic E-state index is -0.383. The van der Waals surface area contributed by atoms with Crippen LogP contribution in [0, 0.1) is 0 Å². The molecule has 0 saturated carbocycles. The molecule has 0 spiro atoms. The number of carbonyl (C=O) groups excluding carboxylic acids is 1. The van der Waals surface area contributed by atoms with Gasteiger partial charge in [0.2, 0.25) is 0 Å². The van der Waals surface area contributed by atoms with Gasteiger partial charge in [-0.25, -0.2) is 4.79 Å². The zero-order valence-corrected chi connectivity index (χ0v) is 9.23. The molecule has 0 radical (unpaired) electrons. The summed E-state index contributed by atoms with van der Waals surface area (Å²) in [5.74, 6) is -0.383. The van der Waals surface area contributed by atoms with Crippen molar-refractivity contribution in [2.75, 3.05) is 19.0 Å². The number of fused-ring (bicyclic) bond motifs is 1. The van der Waals surface area contributed by atoms with Crippen LogP contribution in [-0.2, 0) is 11.2 Å². The number of benzene rings is 1. The van der Waals surface area contributed by atoms with E-state index in [0.717, 1.165) is 30.6 Å². The molecule has 0 unspecified atom stereocenters. The maximum Gasteiger partial charge on any atom is 0.341 e. The Bertz CT molecular complexity index is 404. The second kappa shape index (κ2) is 4.11. The number of carbonyl (C=O) groups is 1. The van der Waals surface area contributed by atoms with Crippen LogP contribution in [0.3, 0.4) is 0 Å². The van der Waals surface area contributed by atoms with Gasteiger partial charge in [-0.05, 0) is 24.5 Å². The molecule has 1 aliphatic rings. The van der Waals surface area contributed by atoms with Crippen molar-refractivity contribution in [3.05, 3.63) is 28.3 Å². The van der Waals surface area contributed by atoms with Crippen molar-refractivity contribution in [3.63, 3.8) is 0 Å². The number of hydrogen-bond donors (Lipinski definition) is 1. The summed E-state index contributed by atoms with van der Waals surface area (Å²) < 4.78 is 4.72. The molecule has 0 saturated heterocycles. The first-order valence-electron chi connectivity index (χ1n) is 4.87. The minimum Gasteiger partial charge on any atom is -0.465 e. The number of methoxy groups -OCH3 is 1. The summed E-state index contributed by atoms with van der Waals surface area (Å²) in [6.45, 7) is 0.872. The van der Waals surface area contributed by atoms with E-state index in [4.69, 9.17) is 16.3 Å². The van der Waals surface area contributed by atoms with Crippen molar-refractivity contribution in [1.82, 2.24) is 0 Å². The number of ether oxygens (including phenoxy) is 1. The summed E-state index contributed by atoms with van der Waals surface area (Å²) in [7, 11) is 1.36. The molecule has 1 aliphatic heterocycles. The Kier molecular flexibility index (Phi) is 2.82. The second-order valence-electron chi connectivity index (χ2n) is 3.48. The third kappa shape index (κ3) is 1.79. The van der Waals surface area contributed by atoms with E-state index in [2.05, 4.69) is 5.32 Å². The standard InChI is InChI=1S/C11H12ClNO2/c1-15-11(14)9-8(12)5-4-7-3-2-6-13-10(7)9/h4-5,13H,2-3,6H2,1H3. The van der Waals surface area contributed by atoms with Gasteiger partial charge in [-0.15, -0.1) is 0 Å². The van der Waals surface area contributed by atoms with Gasteiger partial charge in [0.1, 0.15) is 5.56 Å². The molecule has 15 heavy (non-hydrogen) atoms. The van der Waals surface area contributed by atoms with Gasteiger partial charge in [-0.3, -0.25) is 0 Å². The lowest BCUT2D eigenvalue weighted by Crippen LogP contribution is -2.16. The molecular weight excluding hydrogens is 214 g/mol. The molecule has 4 heteroatoms. The van der Waals surface area contributed by atoms with Crippen LogP contribution < -0.4 is 5.32 Å². The third-order valence-corrected chi connectivity index (χ3v) is 2.87. The van der Waals surface area contributed by atoms with Gasteiger partial charge in [0.05, 0.1) is 17.8 Å². The van der Waals surface area contributed by atoms with E-state index in [1.807, 2.05) is 6.07 Å². The highest BCUT2D eigenvalue weighted by atomic mass is 35.5. The third-order valence-electron chi connectivity index (χ3n) is 2.55. The number of aryl methyl sites for hydroxylation is 1. The van der Waals surface area contributed by atoms with Crippen LogP contribution in [0.15, 0.2) is 12.1 Å². The Morgan fingerprint density at radius 2 is 2.33 bits per heavy atom. The molecule has 0 atom stereocenters. The summed E-state index contributed by atoms with van der Waals surface area (Å²) >= 11 is 5.99. The molecule has 0 fully saturated rings. The van der Waals surface area contributed by atoms with Crippen LogP contribution in [0.25, 0.3) is 0 Å². The van der Waals surface area contributed by atoms with E-state index >= 15 is 0 Å². The second-order valence-corrected chi connectivity index (χ2v) is 3.89. The first-order chi connectivity index (χ1) is 7.24. The molecule has 1 aromatic rings. The quantitative estimate of drug-likeness (QED) is 0.747. The van der Waals surface area contributed by atoms with Crippen molar-refractivity contribution in [1.29, 1.82) is 0 Å². The first kappa shape index (κ1) is 10.3. The number of halogens is 1. The van der Waals surface area contributed by atoms with Gasteiger partial charge in [0.15, 0.2) is 0 Å². The van der Waals surface area contributed by atoms with Gasteiger partial charge in [0, 0.05) is 6.54 Å². The lowest BCUT2D eigenvalue weighted by atomic mass is 9.99. The monoisotopic (exact) mass is 225 g/mol. The summed E-state index contributed by atoms with van der Waals surface area (Å²) in [4.78, 5) is 11.6. The number of rotatable bonds is 1.